The van der Waals surface area contributed by atoms with Crippen LogP contribution in [0.2, 0.25) is 0 Å². The third-order valence-corrected chi connectivity index (χ3v) is 5.10. The Morgan fingerprint density at radius 2 is 2.20 bits per heavy atom. The topological polar surface area (TPSA) is 72.0 Å². The quantitative estimate of drug-likeness (QED) is 0.559. The molecule has 3 aromatic rings. The van der Waals surface area contributed by atoms with Crippen LogP contribution < -0.4 is 5.73 Å². The van der Waals surface area contributed by atoms with Gasteiger partial charge in [-0.3, -0.25) is 0 Å². The van der Waals surface area contributed by atoms with Crippen molar-refractivity contribution in [2.75, 3.05) is 0 Å². The molecular formula is C20H23N5. The number of fused-ring (bicyclic) bond motifs is 1. The number of H-pyrrole nitrogens is 1. The van der Waals surface area contributed by atoms with Gasteiger partial charge in [-0.15, -0.1) is 0 Å². The SMILES string of the molecule is C=C/N=C(/N)c1c(-c2cc3cc(C)ccc3[nH]2)nc(C2CCC2)n1C. The van der Waals surface area contributed by atoms with Crippen molar-refractivity contribution in [3.63, 3.8) is 0 Å². The summed E-state index contributed by atoms with van der Waals surface area (Å²) in [5, 5.41) is 1.18. The van der Waals surface area contributed by atoms with Crippen LogP contribution >= 0.6 is 0 Å². The molecule has 1 aliphatic carbocycles. The Bertz CT molecular complexity index is 985. The number of benzene rings is 1. The van der Waals surface area contributed by atoms with E-state index in [1.807, 2.05) is 7.05 Å². The van der Waals surface area contributed by atoms with Gasteiger partial charge in [0.05, 0.1) is 5.69 Å². The second-order valence-electron chi connectivity index (χ2n) is 6.82. The van der Waals surface area contributed by atoms with Crippen LogP contribution in [0, 0.1) is 6.92 Å². The summed E-state index contributed by atoms with van der Waals surface area (Å²) in [6.45, 7) is 5.77. The van der Waals surface area contributed by atoms with Gasteiger partial charge in [-0.1, -0.05) is 24.6 Å². The second kappa shape index (κ2) is 5.92. The molecule has 1 aromatic carbocycles. The first-order chi connectivity index (χ1) is 12.1. The fraction of sp³-hybridized carbons (Fsp3) is 0.300. The fourth-order valence-corrected chi connectivity index (χ4v) is 3.57. The van der Waals surface area contributed by atoms with Crippen LogP contribution in [0.3, 0.4) is 0 Å². The third kappa shape index (κ3) is 2.56. The summed E-state index contributed by atoms with van der Waals surface area (Å²) in [5.41, 5.74) is 11.3. The molecule has 0 spiro atoms. The monoisotopic (exact) mass is 333 g/mol. The zero-order valence-electron chi connectivity index (χ0n) is 14.7. The molecular weight excluding hydrogens is 310 g/mol. The minimum absolute atomic E-state index is 0.445. The van der Waals surface area contributed by atoms with Crippen molar-refractivity contribution in [3.8, 4) is 11.4 Å². The largest absolute Gasteiger partial charge is 0.382 e. The molecule has 128 valence electrons. The van der Waals surface area contributed by atoms with E-state index < -0.39 is 0 Å². The predicted octanol–water partition coefficient (Wildman–Crippen LogP) is 3.99. The highest BCUT2D eigenvalue weighted by molar-refractivity contribution is 6.02. The van der Waals surface area contributed by atoms with Crippen LogP contribution in [0.4, 0.5) is 0 Å². The number of imidazole rings is 1. The Morgan fingerprint density at radius 3 is 2.88 bits per heavy atom. The van der Waals surface area contributed by atoms with Crippen LogP contribution in [-0.2, 0) is 7.05 Å². The number of amidine groups is 1. The zero-order chi connectivity index (χ0) is 17.6. The molecule has 0 bridgehead atoms. The number of aryl methyl sites for hydroxylation is 1. The molecule has 5 heteroatoms. The average molecular weight is 333 g/mol. The Labute approximate surface area is 147 Å². The van der Waals surface area contributed by atoms with Gasteiger partial charge in [0, 0.05) is 30.1 Å². The normalized spacial score (nSPS) is 15.5. The summed E-state index contributed by atoms with van der Waals surface area (Å²) < 4.78 is 2.10. The number of nitrogens with two attached hydrogens (primary N) is 1. The molecule has 0 amide bonds. The molecule has 1 aliphatic rings. The smallest absolute Gasteiger partial charge is 0.149 e. The lowest BCUT2D eigenvalue weighted by molar-refractivity contribution is 0.393. The van der Waals surface area contributed by atoms with Crippen molar-refractivity contribution in [3.05, 3.63) is 54.1 Å². The van der Waals surface area contributed by atoms with Crippen LogP contribution in [0.1, 0.15) is 42.3 Å². The number of aromatic nitrogens is 3. The number of nitrogens with zero attached hydrogens (tertiary/aromatic N) is 3. The molecule has 0 aliphatic heterocycles. The number of hydrogen-bond donors (Lipinski definition) is 2. The van der Waals surface area contributed by atoms with Crippen LogP contribution in [-0.4, -0.2) is 20.4 Å². The van der Waals surface area contributed by atoms with E-state index in [1.165, 1.54) is 36.4 Å². The van der Waals surface area contributed by atoms with Crippen molar-refractivity contribution in [1.82, 2.24) is 14.5 Å². The first-order valence-electron chi connectivity index (χ1n) is 8.69. The van der Waals surface area contributed by atoms with Gasteiger partial charge in [0.25, 0.3) is 0 Å². The highest BCUT2D eigenvalue weighted by Crippen LogP contribution is 2.38. The van der Waals surface area contributed by atoms with Crippen LogP contribution in [0.15, 0.2) is 42.0 Å². The maximum atomic E-state index is 6.24. The van der Waals surface area contributed by atoms with Crippen molar-refractivity contribution >= 4 is 16.7 Å². The van der Waals surface area contributed by atoms with Gasteiger partial charge in [-0.05, 0) is 38.0 Å². The van der Waals surface area contributed by atoms with Gasteiger partial charge in [0.1, 0.15) is 23.0 Å². The Hall–Kier alpha value is -2.82. The van der Waals surface area contributed by atoms with E-state index in [2.05, 4.69) is 52.3 Å². The number of aromatic amines is 1. The highest BCUT2D eigenvalue weighted by Gasteiger charge is 2.28. The van der Waals surface area contributed by atoms with Crippen LogP contribution in [0.5, 0.6) is 0 Å². The maximum absolute atomic E-state index is 6.24. The van der Waals surface area contributed by atoms with Gasteiger partial charge in [-0.25, -0.2) is 9.98 Å². The number of aliphatic imine (C=N–C) groups is 1. The molecule has 0 atom stereocenters. The molecule has 0 unspecified atom stereocenters. The molecule has 1 saturated carbocycles. The molecule has 0 radical (unpaired) electrons. The van der Waals surface area contributed by atoms with Crippen LogP contribution in [0.25, 0.3) is 22.3 Å². The summed E-state index contributed by atoms with van der Waals surface area (Å²) in [5.74, 6) is 2.05. The minimum atomic E-state index is 0.445. The van der Waals surface area contributed by atoms with Gasteiger partial charge >= 0.3 is 0 Å². The Morgan fingerprint density at radius 1 is 1.40 bits per heavy atom. The lowest BCUT2D eigenvalue weighted by Gasteiger charge is -2.24. The minimum Gasteiger partial charge on any atom is -0.382 e. The molecule has 2 aromatic heterocycles. The zero-order valence-corrected chi connectivity index (χ0v) is 14.7. The first-order valence-corrected chi connectivity index (χ1v) is 8.69. The third-order valence-electron chi connectivity index (χ3n) is 5.10. The number of nitrogens with one attached hydrogen (secondary N) is 1. The van der Waals surface area contributed by atoms with E-state index in [0.717, 1.165) is 28.4 Å². The van der Waals surface area contributed by atoms with Crippen molar-refractivity contribution in [2.45, 2.75) is 32.1 Å². The van der Waals surface area contributed by atoms with Gasteiger partial charge in [-0.2, -0.15) is 0 Å². The second-order valence-corrected chi connectivity index (χ2v) is 6.82. The van der Waals surface area contributed by atoms with E-state index in [-0.39, 0.29) is 0 Å². The van der Waals surface area contributed by atoms with Gasteiger partial charge < -0.3 is 15.3 Å². The molecule has 3 N–H and O–H groups in total. The lowest BCUT2D eigenvalue weighted by Crippen LogP contribution is -2.20. The molecule has 5 nitrogen and oxygen atoms in total. The summed E-state index contributed by atoms with van der Waals surface area (Å²) in [6.07, 6.45) is 5.12. The summed E-state index contributed by atoms with van der Waals surface area (Å²) in [6, 6.07) is 8.52. The average Bonchev–Trinajstić information content (AvgIpc) is 3.07. The van der Waals surface area contributed by atoms with E-state index in [4.69, 9.17) is 10.7 Å². The van der Waals surface area contributed by atoms with Crippen molar-refractivity contribution in [2.24, 2.45) is 17.8 Å². The summed E-state index contributed by atoms with van der Waals surface area (Å²) >= 11 is 0. The summed E-state index contributed by atoms with van der Waals surface area (Å²) in [7, 11) is 2.03. The first kappa shape index (κ1) is 15.7. The van der Waals surface area contributed by atoms with E-state index in [0.29, 0.717) is 11.8 Å². The van der Waals surface area contributed by atoms with E-state index in [9.17, 15) is 0 Å². The highest BCUT2D eigenvalue weighted by atomic mass is 15.1. The molecule has 2 heterocycles. The number of hydrogen-bond acceptors (Lipinski definition) is 2. The summed E-state index contributed by atoms with van der Waals surface area (Å²) in [4.78, 5) is 12.6. The fourth-order valence-electron chi connectivity index (χ4n) is 3.57. The van der Waals surface area contributed by atoms with Gasteiger partial charge in [0.15, 0.2) is 0 Å². The Kier molecular flexibility index (Phi) is 3.71. The molecule has 4 rings (SSSR count). The van der Waals surface area contributed by atoms with E-state index in [1.54, 1.807) is 0 Å². The molecule has 1 fully saturated rings. The number of rotatable bonds is 4. The lowest BCUT2D eigenvalue weighted by atomic mass is 9.85. The maximum Gasteiger partial charge on any atom is 0.149 e. The van der Waals surface area contributed by atoms with E-state index >= 15 is 0 Å². The predicted molar refractivity (Wildman–Crippen MR) is 103 cm³/mol. The van der Waals surface area contributed by atoms with Crippen molar-refractivity contribution < 1.29 is 0 Å². The molecule has 0 saturated heterocycles. The Balaban J connectivity index is 1.91. The van der Waals surface area contributed by atoms with Crippen molar-refractivity contribution in [1.29, 1.82) is 0 Å². The van der Waals surface area contributed by atoms with Gasteiger partial charge in [0.2, 0.25) is 0 Å². The standard InChI is InChI=1S/C20H23N5/c1-4-22-19(21)18-17(24-20(25(18)3)13-6-5-7-13)16-11-14-10-12(2)8-9-15(14)23-16/h4,8-11,13,23H,1,5-7H2,2-3H3,(H2,21,22). The molecule has 25 heavy (non-hydrogen) atoms.